The molecule has 1 aromatic rings. The summed E-state index contributed by atoms with van der Waals surface area (Å²) >= 11 is 0. The molecule has 0 fully saturated rings. The van der Waals surface area contributed by atoms with E-state index < -0.39 is 11.9 Å². The van der Waals surface area contributed by atoms with E-state index in [1.165, 1.54) is 7.11 Å². The molecule has 0 spiro atoms. The number of anilines is 1. The van der Waals surface area contributed by atoms with Gasteiger partial charge in [0.25, 0.3) is 0 Å². The van der Waals surface area contributed by atoms with E-state index in [1.54, 1.807) is 24.3 Å². The second-order valence-corrected chi connectivity index (χ2v) is 3.76. The highest BCUT2D eigenvalue weighted by atomic mass is 16.5. The topological polar surface area (TPSA) is 93.7 Å². The molecule has 0 saturated carbocycles. The predicted molar refractivity (Wildman–Crippen MR) is 70.9 cm³/mol. The summed E-state index contributed by atoms with van der Waals surface area (Å²) in [4.78, 5) is 33.5. The van der Waals surface area contributed by atoms with Gasteiger partial charge in [0.1, 0.15) is 19.8 Å². The molecule has 108 valence electrons. The SMILES string of the molecule is COC(=O)CNC(=O)COCC(=O)Nc1ccccc1. The number of nitrogens with one attached hydrogen (secondary N) is 2. The number of methoxy groups -OCH3 is 1. The van der Waals surface area contributed by atoms with Crippen LogP contribution in [0.2, 0.25) is 0 Å². The van der Waals surface area contributed by atoms with Gasteiger partial charge >= 0.3 is 5.97 Å². The Kier molecular flexibility index (Phi) is 6.77. The van der Waals surface area contributed by atoms with E-state index in [0.29, 0.717) is 5.69 Å². The predicted octanol–water partition coefficient (Wildman–Crippen LogP) is -0.0691. The summed E-state index contributed by atoms with van der Waals surface area (Å²) in [6.45, 7) is -0.783. The highest BCUT2D eigenvalue weighted by Crippen LogP contribution is 2.04. The van der Waals surface area contributed by atoms with Crippen LogP contribution in [0.5, 0.6) is 0 Å². The number of hydrogen-bond acceptors (Lipinski definition) is 5. The van der Waals surface area contributed by atoms with E-state index in [0.717, 1.165) is 0 Å². The van der Waals surface area contributed by atoms with E-state index in [2.05, 4.69) is 15.4 Å². The molecular formula is C13H16N2O5. The maximum atomic E-state index is 11.5. The third-order valence-corrected chi connectivity index (χ3v) is 2.18. The van der Waals surface area contributed by atoms with Gasteiger partial charge < -0.3 is 20.1 Å². The van der Waals surface area contributed by atoms with Crippen LogP contribution in [-0.4, -0.2) is 44.7 Å². The largest absolute Gasteiger partial charge is 0.468 e. The minimum atomic E-state index is -0.555. The fourth-order valence-electron chi connectivity index (χ4n) is 1.25. The first-order valence-corrected chi connectivity index (χ1v) is 5.88. The first kappa shape index (κ1) is 15.6. The minimum absolute atomic E-state index is 0.227. The van der Waals surface area contributed by atoms with Gasteiger partial charge in [-0.05, 0) is 12.1 Å². The molecule has 2 amide bonds. The lowest BCUT2D eigenvalue weighted by Gasteiger charge is -2.06. The maximum absolute atomic E-state index is 11.5. The molecule has 0 radical (unpaired) electrons. The Morgan fingerprint density at radius 3 is 2.35 bits per heavy atom. The second kappa shape index (κ2) is 8.65. The van der Waals surface area contributed by atoms with Crippen LogP contribution in [0.1, 0.15) is 0 Å². The molecule has 0 heterocycles. The lowest BCUT2D eigenvalue weighted by atomic mass is 10.3. The third kappa shape index (κ3) is 6.50. The van der Waals surface area contributed by atoms with Gasteiger partial charge in [-0.25, -0.2) is 0 Å². The number of benzene rings is 1. The number of carbonyl (C=O) groups excluding carboxylic acids is 3. The first-order valence-electron chi connectivity index (χ1n) is 5.88. The number of rotatable bonds is 7. The van der Waals surface area contributed by atoms with E-state index in [9.17, 15) is 14.4 Å². The van der Waals surface area contributed by atoms with Crippen molar-refractivity contribution < 1.29 is 23.9 Å². The van der Waals surface area contributed by atoms with Crippen LogP contribution in [0.3, 0.4) is 0 Å². The molecule has 7 heteroatoms. The number of para-hydroxylation sites is 1. The monoisotopic (exact) mass is 280 g/mol. The van der Waals surface area contributed by atoms with Crippen molar-refractivity contribution in [2.45, 2.75) is 0 Å². The zero-order chi connectivity index (χ0) is 14.8. The summed E-state index contributed by atoms with van der Waals surface area (Å²) in [5, 5.41) is 4.89. The van der Waals surface area contributed by atoms with Gasteiger partial charge in [-0.15, -0.1) is 0 Å². The van der Waals surface area contributed by atoms with Gasteiger partial charge in [-0.1, -0.05) is 18.2 Å². The van der Waals surface area contributed by atoms with Crippen LogP contribution in [0.4, 0.5) is 5.69 Å². The molecule has 0 aromatic heterocycles. The smallest absolute Gasteiger partial charge is 0.325 e. The fraction of sp³-hybridized carbons (Fsp3) is 0.308. The zero-order valence-corrected chi connectivity index (χ0v) is 11.0. The normalized spacial score (nSPS) is 9.65. The van der Waals surface area contributed by atoms with E-state index in [-0.39, 0.29) is 25.7 Å². The average Bonchev–Trinajstić information content (AvgIpc) is 2.45. The van der Waals surface area contributed by atoms with Gasteiger partial charge in [-0.2, -0.15) is 0 Å². The Morgan fingerprint density at radius 2 is 1.70 bits per heavy atom. The maximum Gasteiger partial charge on any atom is 0.325 e. The van der Waals surface area contributed by atoms with Crippen molar-refractivity contribution in [2.75, 3.05) is 32.2 Å². The quantitative estimate of drug-likeness (QED) is 0.682. The van der Waals surface area contributed by atoms with Crippen LogP contribution < -0.4 is 10.6 Å². The van der Waals surface area contributed by atoms with Gasteiger partial charge in [0.05, 0.1) is 7.11 Å². The molecule has 20 heavy (non-hydrogen) atoms. The lowest BCUT2D eigenvalue weighted by molar-refractivity contribution is -0.142. The summed E-state index contributed by atoms with van der Waals surface area (Å²) in [6, 6.07) is 8.88. The van der Waals surface area contributed by atoms with Gasteiger partial charge in [0.15, 0.2) is 0 Å². The first-order chi connectivity index (χ1) is 9.61. The number of hydrogen-bond donors (Lipinski definition) is 2. The molecule has 0 aliphatic rings. The van der Waals surface area contributed by atoms with E-state index in [4.69, 9.17) is 4.74 Å². The molecule has 7 nitrogen and oxygen atoms in total. The Bertz CT molecular complexity index is 461. The van der Waals surface area contributed by atoms with Crippen molar-refractivity contribution in [3.05, 3.63) is 30.3 Å². The molecule has 2 N–H and O–H groups in total. The number of ether oxygens (including phenoxy) is 2. The molecule has 0 aliphatic carbocycles. The van der Waals surface area contributed by atoms with Crippen LogP contribution in [-0.2, 0) is 23.9 Å². The van der Waals surface area contributed by atoms with Gasteiger partial charge in [0.2, 0.25) is 11.8 Å². The Balaban J connectivity index is 2.15. The summed E-state index contributed by atoms with van der Waals surface area (Å²) in [7, 11) is 1.22. The van der Waals surface area contributed by atoms with Gasteiger partial charge in [-0.3, -0.25) is 14.4 Å². The molecular weight excluding hydrogens is 264 g/mol. The Labute approximate surface area is 116 Å². The van der Waals surface area contributed by atoms with Crippen LogP contribution in [0.15, 0.2) is 30.3 Å². The second-order valence-electron chi connectivity index (χ2n) is 3.76. The van der Waals surface area contributed by atoms with Crippen molar-refractivity contribution in [1.82, 2.24) is 5.32 Å². The Hall–Kier alpha value is -2.41. The summed E-state index contributed by atoms with van der Waals surface area (Å²) < 4.78 is 9.27. The van der Waals surface area contributed by atoms with Crippen molar-refractivity contribution in [1.29, 1.82) is 0 Å². The fourth-order valence-corrected chi connectivity index (χ4v) is 1.25. The third-order valence-electron chi connectivity index (χ3n) is 2.18. The summed E-state index contributed by atoms with van der Waals surface area (Å²) in [6.07, 6.45) is 0. The standard InChI is InChI=1S/C13H16N2O5/c1-19-13(18)7-14-11(16)8-20-9-12(17)15-10-5-3-2-4-6-10/h2-6H,7-9H2,1H3,(H,14,16)(H,15,17). The number of carbonyl (C=O) groups is 3. The number of esters is 1. The van der Waals surface area contributed by atoms with Crippen molar-refractivity contribution >= 4 is 23.5 Å². The molecule has 1 aromatic carbocycles. The average molecular weight is 280 g/mol. The van der Waals surface area contributed by atoms with Gasteiger partial charge in [0, 0.05) is 5.69 Å². The summed E-state index contributed by atoms with van der Waals surface area (Å²) in [5.74, 6) is -1.42. The molecule has 0 bridgehead atoms. The van der Waals surface area contributed by atoms with Crippen LogP contribution >= 0.6 is 0 Å². The minimum Gasteiger partial charge on any atom is -0.468 e. The highest BCUT2D eigenvalue weighted by Gasteiger charge is 2.07. The van der Waals surface area contributed by atoms with E-state index in [1.807, 2.05) is 6.07 Å². The van der Waals surface area contributed by atoms with Crippen molar-refractivity contribution in [3.63, 3.8) is 0 Å². The molecule has 1 rings (SSSR count). The highest BCUT2D eigenvalue weighted by molar-refractivity contribution is 5.91. The molecule has 0 atom stereocenters. The zero-order valence-electron chi connectivity index (χ0n) is 11.0. The molecule has 0 aliphatic heterocycles. The molecule has 0 saturated heterocycles. The Morgan fingerprint density at radius 1 is 1.05 bits per heavy atom. The molecule has 0 unspecified atom stereocenters. The summed E-state index contributed by atoms with van der Waals surface area (Å²) in [5.41, 5.74) is 0.649. The van der Waals surface area contributed by atoms with Crippen LogP contribution in [0, 0.1) is 0 Å². The number of amides is 2. The van der Waals surface area contributed by atoms with E-state index >= 15 is 0 Å². The van der Waals surface area contributed by atoms with Crippen molar-refractivity contribution in [3.8, 4) is 0 Å². The van der Waals surface area contributed by atoms with Crippen molar-refractivity contribution in [2.24, 2.45) is 0 Å². The lowest BCUT2D eigenvalue weighted by Crippen LogP contribution is -2.33. The van der Waals surface area contributed by atoms with Crippen LogP contribution in [0.25, 0.3) is 0 Å².